The predicted molar refractivity (Wildman–Crippen MR) is 112 cm³/mol. The number of nitrogens with zero attached hydrogens (tertiary/aromatic N) is 1. The van der Waals surface area contributed by atoms with E-state index < -0.39 is 0 Å². The van der Waals surface area contributed by atoms with E-state index in [-0.39, 0.29) is 18.1 Å². The van der Waals surface area contributed by atoms with Crippen LogP contribution in [0.15, 0.2) is 42.5 Å². The number of morpholine rings is 1. The van der Waals surface area contributed by atoms with Gasteiger partial charge in [0.25, 0.3) is 5.91 Å². The fourth-order valence-corrected chi connectivity index (χ4v) is 3.65. The molecule has 0 radical (unpaired) electrons. The van der Waals surface area contributed by atoms with Crippen molar-refractivity contribution >= 4 is 5.91 Å². The second-order valence-corrected chi connectivity index (χ2v) is 7.45. The summed E-state index contributed by atoms with van der Waals surface area (Å²) in [5, 5.41) is 3.42. The summed E-state index contributed by atoms with van der Waals surface area (Å²) >= 11 is 0. The van der Waals surface area contributed by atoms with Crippen molar-refractivity contribution in [1.29, 1.82) is 0 Å². The fraction of sp³-hybridized carbons (Fsp3) is 0.435. The van der Waals surface area contributed by atoms with Gasteiger partial charge in [0.05, 0.1) is 26.4 Å². The van der Waals surface area contributed by atoms with Crippen molar-refractivity contribution in [2.45, 2.75) is 39.1 Å². The number of carbonyl (C=O) groups excluding carboxylic acids is 1. The molecule has 6 heteroatoms. The average Bonchev–Trinajstić information content (AvgIpc) is 2.73. The summed E-state index contributed by atoms with van der Waals surface area (Å²) in [6.07, 6.45) is 0.138. The van der Waals surface area contributed by atoms with Crippen molar-refractivity contribution in [3.63, 3.8) is 0 Å². The van der Waals surface area contributed by atoms with Gasteiger partial charge >= 0.3 is 0 Å². The van der Waals surface area contributed by atoms with Crippen LogP contribution in [0.5, 0.6) is 11.5 Å². The third kappa shape index (κ3) is 5.49. The maximum Gasteiger partial charge on any atom is 0.254 e. The van der Waals surface area contributed by atoms with E-state index in [2.05, 4.69) is 5.32 Å². The van der Waals surface area contributed by atoms with Crippen LogP contribution in [-0.4, -0.2) is 50.3 Å². The summed E-state index contributed by atoms with van der Waals surface area (Å²) in [5.41, 5.74) is 2.87. The second kappa shape index (κ2) is 9.76. The normalized spacial score (nSPS) is 19.1. The minimum absolute atomic E-state index is 0.0626. The second-order valence-electron chi connectivity index (χ2n) is 7.45. The van der Waals surface area contributed by atoms with Gasteiger partial charge in [0, 0.05) is 37.3 Å². The lowest BCUT2D eigenvalue weighted by molar-refractivity contribution is -0.0586. The van der Waals surface area contributed by atoms with Crippen molar-refractivity contribution in [3.05, 3.63) is 59.2 Å². The van der Waals surface area contributed by atoms with E-state index in [4.69, 9.17) is 14.2 Å². The summed E-state index contributed by atoms with van der Waals surface area (Å²) in [6.45, 7) is 6.62. The number of nitrogens with one attached hydrogen (secondary N) is 1. The summed E-state index contributed by atoms with van der Waals surface area (Å²) in [7, 11) is 3.32. The van der Waals surface area contributed by atoms with Crippen molar-refractivity contribution in [1.82, 2.24) is 10.2 Å². The van der Waals surface area contributed by atoms with Gasteiger partial charge in [-0.2, -0.15) is 0 Å². The zero-order chi connectivity index (χ0) is 20.8. The van der Waals surface area contributed by atoms with Crippen LogP contribution in [0.4, 0.5) is 0 Å². The molecule has 1 heterocycles. The molecular formula is C23H30N2O4. The van der Waals surface area contributed by atoms with Gasteiger partial charge in [0.1, 0.15) is 11.5 Å². The highest BCUT2D eigenvalue weighted by Gasteiger charge is 2.26. The number of hydrogen-bond donors (Lipinski definition) is 1. The lowest BCUT2D eigenvalue weighted by atomic mass is 10.1. The Morgan fingerprint density at radius 1 is 1.03 bits per heavy atom. The number of benzene rings is 2. The van der Waals surface area contributed by atoms with Gasteiger partial charge in [0.15, 0.2) is 0 Å². The summed E-state index contributed by atoms with van der Waals surface area (Å²) in [6, 6.07) is 13.6. The van der Waals surface area contributed by atoms with Crippen molar-refractivity contribution in [3.8, 4) is 11.5 Å². The lowest BCUT2D eigenvalue weighted by Crippen LogP contribution is -2.48. The molecule has 1 saturated heterocycles. The first-order chi connectivity index (χ1) is 14.0. The van der Waals surface area contributed by atoms with Crippen LogP contribution in [0.1, 0.15) is 35.3 Å². The van der Waals surface area contributed by atoms with Crippen molar-refractivity contribution in [2.75, 3.05) is 27.3 Å². The maximum atomic E-state index is 12.8. The zero-order valence-corrected chi connectivity index (χ0v) is 17.6. The van der Waals surface area contributed by atoms with E-state index in [0.29, 0.717) is 31.7 Å². The Morgan fingerprint density at radius 3 is 2.34 bits per heavy atom. The summed E-state index contributed by atoms with van der Waals surface area (Å²) in [5.74, 6) is 1.69. The van der Waals surface area contributed by atoms with E-state index in [1.807, 2.05) is 61.2 Å². The van der Waals surface area contributed by atoms with Crippen molar-refractivity contribution < 1.29 is 19.0 Å². The Hall–Kier alpha value is -2.57. The Kier molecular flexibility index (Phi) is 7.12. The van der Waals surface area contributed by atoms with Crippen LogP contribution in [0.25, 0.3) is 0 Å². The molecule has 1 aliphatic heterocycles. The minimum atomic E-state index is 0.0626. The summed E-state index contributed by atoms with van der Waals surface area (Å²) < 4.78 is 16.4. The highest BCUT2D eigenvalue weighted by Crippen LogP contribution is 2.24. The zero-order valence-electron chi connectivity index (χ0n) is 17.6. The topological polar surface area (TPSA) is 60.0 Å². The van der Waals surface area contributed by atoms with Gasteiger partial charge in [0.2, 0.25) is 0 Å². The Labute approximate surface area is 172 Å². The first kappa shape index (κ1) is 21.1. The van der Waals surface area contributed by atoms with Gasteiger partial charge in [-0.3, -0.25) is 4.79 Å². The van der Waals surface area contributed by atoms with Crippen LogP contribution in [0.3, 0.4) is 0 Å². The molecule has 0 aromatic heterocycles. The van der Waals surface area contributed by atoms with E-state index in [1.54, 1.807) is 14.2 Å². The molecule has 2 aromatic carbocycles. The quantitative estimate of drug-likeness (QED) is 0.776. The SMILES string of the molecule is COc1ccc(OC)c(CNCc2ccc(C(=O)N3CC(C)OC(C)C3)cc2)c1. The molecule has 0 bridgehead atoms. The molecule has 1 amide bonds. The number of rotatable bonds is 7. The molecule has 0 saturated carbocycles. The lowest BCUT2D eigenvalue weighted by Gasteiger charge is -2.35. The molecule has 1 aliphatic rings. The summed E-state index contributed by atoms with van der Waals surface area (Å²) in [4.78, 5) is 14.6. The van der Waals surface area contributed by atoms with E-state index >= 15 is 0 Å². The van der Waals surface area contributed by atoms with E-state index in [0.717, 1.165) is 22.6 Å². The van der Waals surface area contributed by atoms with Gasteiger partial charge < -0.3 is 24.4 Å². The standard InChI is InChI=1S/C23H30N2O4/c1-16-14-25(15-17(2)29-16)23(26)19-7-5-18(6-8-19)12-24-13-20-11-21(27-3)9-10-22(20)28-4/h5-11,16-17,24H,12-15H2,1-4H3. The molecule has 2 unspecified atom stereocenters. The Balaban J connectivity index is 1.56. The maximum absolute atomic E-state index is 12.8. The molecule has 1 N–H and O–H groups in total. The number of hydrogen-bond acceptors (Lipinski definition) is 5. The number of carbonyl (C=O) groups is 1. The van der Waals surface area contributed by atoms with Gasteiger partial charge in [-0.1, -0.05) is 12.1 Å². The van der Waals surface area contributed by atoms with Crippen LogP contribution in [0.2, 0.25) is 0 Å². The Bertz CT molecular complexity index is 812. The molecule has 2 atom stereocenters. The van der Waals surface area contributed by atoms with E-state index in [9.17, 15) is 4.79 Å². The van der Waals surface area contributed by atoms with Crippen LogP contribution >= 0.6 is 0 Å². The van der Waals surface area contributed by atoms with Gasteiger partial charge in [-0.05, 0) is 49.7 Å². The first-order valence-corrected chi connectivity index (χ1v) is 9.95. The molecule has 2 aromatic rings. The first-order valence-electron chi connectivity index (χ1n) is 9.95. The monoisotopic (exact) mass is 398 g/mol. The molecule has 1 fully saturated rings. The van der Waals surface area contributed by atoms with Crippen LogP contribution in [-0.2, 0) is 17.8 Å². The number of ether oxygens (including phenoxy) is 3. The molecule has 0 aliphatic carbocycles. The van der Waals surface area contributed by atoms with Crippen molar-refractivity contribution in [2.24, 2.45) is 0 Å². The highest BCUT2D eigenvalue weighted by atomic mass is 16.5. The predicted octanol–water partition coefficient (Wildman–Crippen LogP) is 3.24. The highest BCUT2D eigenvalue weighted by molar-refractivity contribution is 5.94. The Morgan fingerprint density at radius 2 is 1.72 bits per heavy atom. The number of methoxy groups -OCH3 is 2. The third-order valence-corrected chi connectivity index (χ3v) is 5.04. The molecular weight excluding hydrogens is 368 g/mol. The molecule has 3 rings (SSSR count). The molecule has 6 nitrogen and oxygen atoms in total. The fourth-order valence-electron chi connectivity index (χ4n) is 3.65. The molecule has 156 valence electrons. The number of amides is 1. The largest absolute Gasteiger partial charge is 0.497 e. The average molecular weight is 399 g/mol. The third-order valence-electron chi connectivity index (χ3n) is 5.04. The molecule has 0 spiro atoms. The van der Waals surface area contributed by atoms with Crippen LogP contribution < -0.4 is 14.8 Å². The molecule has 29 heavy (non-hydrogen) atoms. The van der Waals surface area contributed by atoms with E-state index in [1.165, 1.54) is 0 Å². The van der Waals surface area contributed by atoms with Crippen LogP contribution in [0, 0.1) is 0 Å². The minimum Gasteiger partial charge on any atom is -0.497 e. The van der Waals surface area contributed by atoms with Gasteiger partial charge in [-0.25, -0.2) is 0 Å². The smallest absolute Gasteiger partial charge is 0.254 e. The van der Waals surface area contributed by atoms with Gasteiger partial charge in [-0.15, -0.1) is 0 Å².